The van der Waals surface area contributed by atoms with Gasteiger partial charge < -0.3 is 0 Å². The van der Waals surface area contributed by atoms with E-state index in [0.29, 0.717) is 0 Å². The van der Waals surface area contributed by atoms with Crippen molar-refractivity contribution < 1.29 is 14.4 Å². The lowest BCUT2D eigenvalue weighted by atomic mass is 10.2. The van der Waals surface area contributed by atoms with E-state index in [1.807, 2.05) is 39.6 Å². The predicted molar refractivity (Wildman–Crippen MR) is 73.1 cm³/mol. The first kappa shape index (κ1) is 19.4. The summed E-state index contributed by atoms with van der Waals surface area (Å²) >= 11 is 0. The topological polar surface area (TPSA) is 58.6 Å². The summed E-state index contributed by atoms with van der Waals surface area (Å²) < 4.78 is 0. The maximum absolute atomic E-state index is 11.4. The second-order valence-corrected chi connectivity index (χ2v) is 3.60. The third-order valence-electron chi connectivity index (χ3n) is 2.27. The fraction of sp³-hybridized carbons (Fsp3) is 0.846. The Morgan fingerprint density at radius 1 is 1.28 bits per heavy atom. The van der Waals surface area contributed by atoms with Gasteiger partial charge in [-0.3, -0.25) is 19.3 Å². The Morgan fingerprint density at radius 3 is 2.22 bits per heavy atom. The Morgan fingerprint density at radius 2 is 1.83 bits per heavy atom. The summed E-state index contributed by atoms with van der Waals surface area (Å²) in [5.41, 5.74) is 2.28. The Balaban J connectivity index is 0. The maximum Gasteiger partial charge on any atom is 0.260 e. The van der Waals surface area contributed by atoms with E-state index >= 15 is 0 Å². The summed E-state index contributed by atoms with van der Waals surface area (Å²) in [7, 11) is 1.90. The van der Waals surface area contributed by atoms with Crippen molar-refractivity contribution in [2.75, 3.05) is 20.2 Å². The molecular formula is C13H28N2O3. The Kier molecular flexibility index (Phi) is 13.5. The van der Waals surface area contributed by atoms with Crippen LogP contribution in [-0.4, -0.2) is 42.8 Å². The minimum absolute atomic E-state index is 0.0673. The van der Waals surface area contributed by atoms with Crippen molar-refractivity contribution in [3.8, 4) is 0 Å². The van der Waals surface area contributed by atoms with Gasteiger partial charge in [-0.25, -0.2) is 5.48 Å². The van der Waals surface area contributed by atoms with Crippen LogP contribution in [-0.2, 0) is 14.4 Å². The first-order chi connectivity index (χ1) is 8.61. The Hall–Kier alpha value is -0.940. The summed E-state index contributed by atoms with van der Waals surface area (Å²) in [5, 5.41) is 0. The predicted octanol–water partition coefficient (Wildman–Crippen LogP) is 1.77. The Bertz CT molecular complexity index is 232. The lowest BCUT2D eigenvalue weighted by molar-refractivity contribution is -0.140. The van der Waals surface area contributed by atoms with E-state index in [2.05, 4.69) is 5.48 Å². The summed E-state index contributed by atoms with van der Waals surface area (Å²) in [6.45, 7) is 10.3. The van der Waals surface area contributed by atoms with Crippen molar-refractivity contribution >= 4 is 11.7 Å². The van der Waals surface area contributed by atoms with Gasteiger partial charge >= 0.3 is 0 Å². The number of hydrogen-bond donors (Lipinski definition) is 1. The van der Waals surface area contributed by atoms with Crippen molar-refractivity contribution in [3.63, 3.8) is 0 Å². The quantitative estimate of drug-likeness (QED) is 0.783. The van der Waals surface area contributed by atoms with Gasteiger partial charge in [-0.2, -0.15) is 0 Å². The van der Waals surface area contributed by atoms with Crippen LogP contribution in [0.2, 0.25) is 0 Å². The lowest BCUT2D eigenvalue weighted by Gasteiger charge is -2.17. The zero-order valence-electron chi connectivity index (χ0n) is 12.6. The van der Waals surface area contributed by atoms with E-state index < -0.39 is 0 Å². The van der Waals surface area contributed by atoms with Gasteiger partial charge in [0.15, 0.2) is 5.78 Å². The number of hydrogen-bond acceptors (Lipinski definition) is 4. The molecule has 5 nitrogen and oxygen atoms in total. The zero-order valence-corrected chi connectivity index (χ0v) is 12.6. The van der Waals surface area contributed by atoms with Crippen LogP contribution in [0.5, 0.6) is 0 Å². The number of nitrogens with zero attached hydrogens (tertiary/aromatic N) is 1. The minimum atomic E-state index is -0.161. The van der Waals surface area contributed by atoms with Crippen molar-refractivity contribution in [2.45, 2.75) is 53.5 Å². The molecule has 1 heterocycles. The van der Waals surface area contributed by atoms with Crippen molar-refractivity contribution in [3.05, 3.63) is 0 Å². The van der Waals surface area contributed by atoms with Gasteiger partial charge in [-0.1, -0.05) is 27.7 Å². The molecule has 1 unspecified atom stereocenters. The number of amides is 1. The summed E-state index contributed by atoms with van der Waals surface area (Å²) in [6.07, 6.45) is 1.88. The molecular weight excluding hydrogens is 232 g/mol. The van der Waals surface area contributed by atoms with E-state index in [4.69, 9.17) is 4.84 Å². The molecule has 1 amide bonds. The number of ketones is 1. The van der Waals surface area contributed by atoms with Crippen LogP contribution < -0.4 is 5.48 Å². The van der Waals surface area contributed by atoms with Crippen LogP contribution in [0.25, 0.3) is 0 Å². The number of carbonyl (C=O) groups excluding carboxylic acids is 2. The molecule has 0 aliphatic carbocycles. The molecule has 1 N–H and O–H groups in total. The normalized spacial score (nSPS) is 18.0. The molecule has 0 saturated carbocycles. The van der Waals surface area contributed by atoms with Gasteiger partial charge in [0.2, 0.25) is 0 Å². The molecule has 0 spiro atoms. The second kappa shape index (κ2) is 12.5. The molecule has 0 radical (unpaired) electrons. The molecule has 1 rings (SSSR count). The molecule has 1 saturated heterocycles. The van der Waals surface area contributed by atoms with Gasteiger partial charge in [0, 0.05) is 0 Å². The summed E-state index contributed by atoms with van der Waals surface area (Å²) in [6, 6.07) is -0.109. The highest BCUT2D eigenvalue weighted by atomic mass is 16.7. The maximum atomic E-state index is 11.4. The second-order valence-electron chi connectivity index (χ2n) is 3.60. The van der Waals surface area contributed by atoms with Crippen molar-refractivity contribution in [1.82, 2.24) is 10.4 Å². The minimum Gasteiger partial charge on any atom is -0.297 e. The molecule has 0 aromatic rings. The fourth-order valence-electron chi connectivity index (χ4n) is 1.52. The third kappa shape index (κ3) is 8.20. The van der Waals surface area contributed by atoms with E-state index in [1.165, 1.54) is 6.92 Å². The van der Waals surface area contributed by atoms with Gasteiger partial charge in [0.05, 0.1) is 6.04 Å². The van der Waals surface area contributed by atoms with Crippen LogP contribution in [0.4, 0.5) is 0 Å². The number of Topliss-reactive ketones (excluding diaryl/α,β-unsaturated/α-hetero) is 1. The number of likely N-dealkylation sites (N-methyl/N-ethyl adjacent to an activating group) is 1. The third-order valence-corrected chi connectivity index (χ3v) is 2.27. The number of likely N-dealkylation sites (tertiary alicyclic amines) is 1. The molecule has 18 heavy (non-hydrogen) atoms. The standard InChI is InChI=1S/C9H16N2O3.2C2H6/c1-7(12)6-14-10-9(13)8-4-3-5-11(8)2;2*1-2/h8H,3-6H2,1-2H3,(H,10,13);2*1-2H3. The number of rotatable bonds is 4. The number of hydroxylamine groups is 1. The lowest BCUT2D eigenvalue weighted by Crippen LogP contribution is -2.41. The largest absolute Gasteiger partial charge is 0.297 e. The SMILES string of the molecule is CC.CC.CC(=O)CONC(=O)C1CCCN1C. The average Bonchev–Trinajstić information content (AvgIpc) is 2.80. The molecule has 0 bridgehead atoms. The van der Waals surface area contributed by atoms with Gasteiger partial charge in [-0.05, 0) is 33.4 Å². The van der Waals surface area contributed by atoms with Crippen LogP contribution >= 0.6 is 0 Å². The highest BCUT2D eigenvalue weighted by Crippen LogP contribution is 2.14. The zero-order chi connectivity index (χ0) is 14.6. The molecule has 0 aromatic carbocycles. The highest BCUT2D eigenvalue weighted by Gasteiger charge is 2.27. The van der Waals surface area contributed by atoms with Crippen LogP contribution in [0.15, 0.2) is 0 Å². The highest BCUT2D eigenvalue weighted by molar-refractivity contribution is 5.81. The Labute approximate surface area is 111 Å². The van der Waals surface area contributed by atoms with Gasteiger partial charge in [0.1, 0.15) is 6.61 Å². The monoisotopic (exact) mass is 260 g/mol. The summed E-state index contributed by atoms with van der Waals surface area (Å²) in [5.74, 6) is -0.267. The fourth-order valence-corrected chi connectivity index (χ4v) is 1.52. The van der Waals surface area contributed by atoms with Crippen LogP contribution in [0.3, 0.4) is 0 Å². The van der Waals surface area contributed by atoms with Crippen molar-refractivity contribution in [2.24, 2.45) is 0 Å². The smallest absolute Gasteiger partial charge is 0.260 e. The number of carbonyl (C=O) groups is 2. The van der Waals surface area contributed by atoms with Crippen molar-refractivity contribution in [1.29, 1.82) is 0 Å². The molecule has 1 atom stereocenters. The summed E-state index contributed by atoms with van der Waals surface area (Å²) in [4.78, 5) is 28.7. The molecule has 1 aliphatic rings. The van der Waals surface area contributed by atoms with Crippen LogP contribution in [0, 0.1) is 0 Å². The average molecular weight is 260 g/mol. The van der Waals surface area contributed by atoms with Gasteiger partial charge in [0.25, 0.3) is 5.91 Å². The van der Waals surface area contributed by atoms with Crippen LogP contribution in [0.1, 0.15) is 47.5 Å². The van der Waals surface area contributed by atoms with E-state index in [9.17, 15) is 9.59 Å². The van der Waals surface area contributed by atoms with Gasteiger partial charge in [-0.15, -0.1) is 0 Å². The number of nitrogens with one attached hydrogen (secondary N) is 1. The first-order valence-electron chi connectivity index (χ1n) is 6.72. The first-order valence-corrected chi connectivity index (χ1v) is 6.72. The molecule has 1 aliphatic heterocycles. The molecule has 108 valence electrons. The molecule has 5 heteroatoms. The molecule has 1 fully saturated rings. The molecule has 0 aromatic heterocycles. The van der Waals surface area contributed by atoms with E-state index in [-0.39, 0.29) is 24.3 Å². The van der Waals surface area contributed by atoms with E-state index in [0.717, 1.165) is 19.4 Å². The van der Waals surface area contributed by atoms with E-state index in [1.54, 1.807) is 0 Å².